The van der Waals surface area contributed by atoms with Crippen molar-refractivity contribution in [3.63, 3.8) is 0 Å². The number of fused-ring (bicyclic) bond motifs is 1. The first-order valence-corrected chi connectivity index (χ1v) is 6.06. The molecule has 2 aromatic rings. The zero-order valence-corrected chi connectivity index (χ0v) is 9.56. The Hall–Kier alpha value is -1.62. The molecule has 0 amide bonds. The molecule has 0 radical (unpaired) electrons. The van der Waals surface area contributed by atoms with Crippen molar-refractivity contribution < 1.29 is 5.11 Å². The summed E-state index contributed by atoms with van der Waals surface area (Å²) in [4.78, 5) is 0. The Morgan fingerprint density at radius 2 is 1.88 bits per heavy atom. The topological polar surface area (TPSA) is 73.8 Å². The molecule has 5 nitrogen and oxygen atoms in total. The van der Waals surface area contributed by atoms with Gasteiger partial charge in [-0.05, 0) is 43.9 Å². The number of anilines is 1. The van der Waals surface area contributed by atoms with Crippen molar-refractivity contribution in [2.24, 2.45) is 0 Å². The smallest absolute Gasteiger partial charge is 0.115 e. The molecule has 0 saturated heterocycles. The minimum Gasteiger partial charge on any atom is -0.393 e. The van der Waals surface area contributed by atoms with Crippen molar-refractivity contribution in [1.82, 2.24) is 15.4 Å². The molecule has 90 valence electrons. The van der Waals surface area contributed by atoms with E-state index in [1.54, 1.807) is 0 Å². The highest BCUT2D eigenvalue weighted by molar-refractivity contribution is 5.77. The van der Waals surface area contributed by atoms with E-state index in [0.29, 0.717) is 6.04 Å². The Bertz CT molecular complexity index is 502. The average Bonchev–Trinajstić information content (AvgIpc) is 2.79. The summed E-state index contributed by atoms with van der Waals surface area (Å²) in [6.45, 7) is 0. The number of nitrogens with zero attached hydrogens (tertiary/aromatic N) is 2. The monoisotopic (exact) mass is 232 g/mol. The van der Waals surface area contributed by atoms with Gasteiger partial charge in [0.05, 0.1) is 6.10 Å². The lowest BCUT2D eigenvalue weighted by Gasteiger charge is -2.26. The van der Waals surface area contributed by atoms with E-state index in [-0.39, 0.29) is 6.10 Å². The van der Waals surface area contributed by atoms with Crippen LogP contribution in [0.15, 0.2) is 18.2 Å². The van der Waals surface area contributed by atoms with Crippen molar-refractivity contribution >= 4 is 16.7 Å². The molecule has 1 fully saturated rings. The molecule has 0 unspecified atom stereocenters. The summed E-state index contributed by atoms with van der Waals surface area (Å²) in [7, 11) is 0. The van der Waals surface area contributed by atoms with Gasteiger partial charge in [-0.15, -0.1) is 0 Å². The number of H-pyrrole nitrogens is 1. The zero-order chi connectivity index (χ0) is 11.7. The van der Waals surface area contributed by atoms with Gasteiger partial charge < -0.3 is 10.4 Å². The van der Waals surface area contributed by atoms with Gasteiger partial charge in [-0.1, -0.05) is 0 Å². The van der Waals surface area contributed by atoms with Gasteiger partial charge in [0.2, 0.25) is 0 Å². The van der Waals surface area contributed by atoms with Crippen LogP contribution in [0.4, 0.5) is 5.69 Å². The third-order valence-electron chi connectivity index (χ3n) is 3.38. The molecular formula is C12H16N4O. The Kier molecular flexibility index (Phi) is 2.68. The van der Waals surface area contributed by atoms with Crippen LogP contribution in [0.3, 0.4) is 0 Å². The summed E-state index contributed by atoms with van der Waals surface area (Å²) in [6, 6.07) is 6.45. The van der Waals surface area contributed by atoms with Gasteiger partial charge >= 0.3 is 0 Å². The zero-order valence-electron chi connectivity index (χ0n) is 9.56. The lowest BCUT2D eigenvalue weighted by atomic mass is 9.93. The van der Waals surface area contributed by atoms with E-state index in [1.807, 2.05) is 18.2 Å². The molecule has 1 saturated carbocycles. The van der Waals surface area contributed by atoms with Gasteiger partial charge in [-0.2, -0.15) is 15.4 Å². The quantitative estimate of drug-likeness (QED) is 0.736. The SMILES string of the molecule is OC1CCC(Nc2ccc3n[nH]nc3c2)CC1. The van der Waals surface area contributed by atoms with Gasteiger partial charge in [0.1, 0.15) is 11.0 Å². The van der Waals surface area contributed by atoms with Gasteiger partial charge in [-0.3, -0.25) is 0 Å². The van der Waals surface area contributed by atoms with Crippen LogP contribution >= 0.6 is 0 Å². The molecule has 5 heteroatoms. The highest BCUT2D eigenvalue weighted by atomic mass is 16.3. The van der Waals surface area contributed by atoms with E-state index in [2.05, 4.69) is 20.7 Å². The van der Waals surface area contributed by atoms with Crippen LogP contribution in [0.2, 0.25) is 0 Å². The fraction of sp³-hybridized carbons (Fsp3) is 0.500. The first-order valence-electron chi connectivity index (χ1n) is 6.06. The number of nitrogens with one attached hydrogen (secondary N) is 2. The highest BCUT2D eigenvalue weighted by Crippen LogP contribution is 2.23. The van der Waals surface area contributed by atoms with Crippen molar-refractivity contribution in [3.8, 4) is 0 Å². The van der Waals surface area contributed by atoms with E-state index in [1.165, 1.54) is 0 Å². The molecule has 0 spiro atoms. The largest absolute Gasteiger partial charge is 0.393 e. The number of aromatic nitrogens is 3. The summed E-state index contributed by atoms with van der Waals surface area (Å²) >= 11 is 0. The molecular weight excluding hydrogens is 216 g/mol. The van der Waals surface area contributed by atoms with Crippen molar-refractivity contribution in [2.75, 3.05) is 5.32 Å². The Morgan fingerprint density at radius 3 is 2.71 bits per heavy atom. The number of hydrogen-bond acceptors (Lipinski definition) is 4. The Labute approximate surface area is 99.2 Å². The molecule has 1 aliphatic rings. The van der Waals surface area contributed by atoms with E-state index >= 15 is 0 Å². The van der Waals surface area contributed by atoms with Gasteiger partial charge in [0, 0.05) is 11.7 Å². The number of benzene rings is 1. The highest BCUT2D eigenvalue weighted by Gasteiger charge is 2.19. The molecule has 3 N–H and O–H groups in total. The second-order valence-electron chi connectivity index (χ2n) is 4.68. The molecule has 0 bridgehead atoms. The third-order valence-corrected chi connectivity index (χ3v) is 3.38. The molecule has 1 aromatic carbocycles. The number of aliphatic hydroxyl groups excluding tert-OH is 1. The summed E-state index contributed by atoms with van der Waals surface area (Å²) in [5, 5.41) is 23.6. The summed E-state index contributed by atoms with van der Waals surface area (Å²) in [5.74, 6) is 0. The molecule has 17 heavy (non-hydrogen) atoms. The number of aliphatic hydroxyl groups is 1. The molecule has 1 aliphatic carbocycles. The molecule has 0 aliphatic heterocycles. The normalized spacial score (nSPS) is 25.0. The maximum Gasteiger partial charge on any atom is 0.115 e. The number of hydrogen-bond donors (Lipinski definition) is 3. The first-order chi connectivity index (χ1) is 8.31. The summed E-state index contributed by atoms with van der Waals surface area (Å²) in [5.41, 5.74) is 2.84. The predicted octanol–water partition coefficient (Wildman–Crippen LogP) is 1.67. The van der Waals surface area contributed by atoms with E-state index in [9.17, 15) is 5.11 Å². The lowest BCUT2D eigenvalue weighted by molar-refractivity contribution is 0.126. The van der Waals surface area contributed by atoms with Gasteiger partial charge in [-0.25, -0.2) is 0 Å². The predicted molar refractivity (Wildman–Crippen MR) is 65.8 cm³/mol. The second kappa shape index (κ2) is 4.33. The third kappa shape index (κ3) is 2.24. The standard InChI is InChI=1S/C12H16N4O/c17-10-4-1-8(2-5-10)13-9-3-6-11-12(7-9)15-16-14-11/h3,6-8,10,13,17H,1-2,4-5H2,(H,14,15,16). The van der Waals surface area contributed by atoms with Crippen LogP contribution in [0, 0.1) is 0 Å². The molecule has 1 aromatic heterocycles. The van der Waals surface area contributed by atoms with Crippen molar-refractivity contribution in [3.05, 3.63) is 18.2 Å². The minimum atomic E-state index is -0.105. The minimum absolute atomic E-state index is 0.105. The second-order valence-corrected chi connectivity index (χ2v) is 4.68. The number of rotatable bonds is 2. The van der Waals surface area contributed by atoms with Crippen LogP contribution in [0.5, 0.6) is 0 Å². The van der Waals surface area contributed by atoms with Crippen LogP contribution in [-0.4, -0.2) is 32.7 Å². The molecule has 1 heterocycles. The van der Waals surface area contributed by atoms with Crippen LogP contribution in [-0.2, 0) is 0 Å². The fourth-order valence-electron chi connectivity index (χ4n) is 2.39. The molecule has 3 rings (SSSR count). The maximum atomic E-state index is 9.46. The lowest BCUT2D eigenvalue weighted by Crippen LogP contribution is -2.28. The number of aromatic amines is 1. The first kappa shape index (κ1) is 10.5. The summed E-state index contributed by atoms with van der Waals surface area (Å²) in [6.07, 6.45) is 3.73. The van der Waals surface area contributed by atoms with Crippen molar-refractivity contribution in [2.45, 2.75) is 37.8 Å². The fourth-order valence-corrected chi connectivity index (χ4v) is 2.39. The van der Waals surface area contributed by atoms with Gasteiger partial charge in [0.15, 0.2) is 0 Å². The van der Waals surface area contributed by atoms with E-state index in [4.69, 9.17) is 0 Å². The van der Waals surface area contributed by atoms with Crippen LogP contribution in [0.1, 0.15) is 25.7 Å². The molecule has 0 atom stereocenters. The average molecular weight is 232 g/mol. The maximum absolute atomic E-state index is 9.46. The van der Waals surface area contributed by atoms with E-state index < -0.39 is 0 Å². The summed E-state index contributed by atoms with van der Waals surface area (Å²) < 4.78 is 0. The van der Waals surface area contributed by atoms with E-state index in [0.717, 1.165) is 42.4 Å². The van der Waals surface area contributed by atoms with Gasteiger partial charge in [0.25, 0.3) is 0 Å². The Morgan fingerprint density at radius 1 is 1.12 bits per heavy atom. The Balaban J connectivity index is 1.71. The van der Waals surface area contributed by atoms with Crippen LogP contribution in [0.25, 0.3) is 11.0 Å². The van der Waals surface area contributed by atoms with Crippen LogP contribution < -0.4 is 5.32 Å². The van der Waals surface area contributed by atoms with Crippen molar-refractivity contribution in [1.29, 1.82) is 0 Å².